The van der Waals surface area contributed by atoms with Crippen LogP contribution in [0.5, 0.6) is 5.75 Å². The first kappa shape index (κ1) is 20.7. The molecule has 0 bridgehead atoms. The number of ether oxygens (including phenoxy) is 2. The van der Waals surface area contributed by atoms with Crippen LogP contribution in [0.15, 0.2) is 51.7 Å². The average molecular weight is 459 g/mol. The first-order valence-corrected chi connectivity index (χ1v) is 9.79. The lowest BCUT2D eigenvalue weighted by Crippen LogP contribution is -2.27. The Morgan fingerprint density at radius 2 is 1.86 bits per heavy atom. The first-order valence-electron chi connectivity index (χ1n) is 9.00. The van der Waals surface area contributed by atoms with Crippen molar-refractivity contribution in [2.75, 3.05) is 13.7 Å². The molecule has 0 N–H and O–H groups in total. The summed E-state index contributed by atoms with van der Waals surface area (Å²) in [5, 5.41) is 4.95. The molecule has 0 atom stereocenters. The van der Waals surface area contributed by atoms with E-state index in [9.17, 15) is 14.4 Å². The van der Waals surface area contributed by atoms with Gasteiger partial charge in [-0.1, -0.05) is 25.1 Å². The number of hydrogen-bond donors (Lipinski definition) is 0. The number of benzene rings is 2. The SMILES string of the molecule is CCCn1nc(C(=O)OCC(=O)c2ccc(OC)c(Br)c2)c2ccccc2c1=O. The highest BCUT2D eigenvalue weighted by Crippen LogP contribution is 2.25. The Kier molecular flexibility index (Phi) is 6.43. The smallest absolute Gasteiger partial charge is 0.359 e. The highest BCUT2D eigenvalue weighted by Gasteiger charge is 2.19. The van der Waals surface area contributed by atoms with Gasteiger partial charge in [-0.25, -0.2) is 9.48 Å². The third-order valence-electron chi connectivity index (χ3n) is 4.30. The number of ketones is 1. The normalized spacial score (nSPS) is 10.7. The summed E-state index contributed by atoms with van der Waals surface area (Å²) in [4.78, 5) is 37.6. The van der Waals surface area contributed by atoms with E-state index in [4.69, 9.17) is 9.47 Å². The Labute approximate surface area is 175 Å². The van der Waals surface area contributed by atoms with Gasteiger partial charge < -0.3 is 9.47 Å². The van der Waals surface area contributed by atoms with Gasteiger partial charge in [0.2, 0.25) is 0 Å². The lowest BCUT2D eigenvalue weighted by atomic mass is 10.1. The highest BCUT2D eigenvalue weighted by molar-refractivity contribution is 9.10. The van der Waals surface area contributed by atoms with Crippen molar-refractivity contribution in [1.29, 1.82) is 0 Å². The number of carbonyl (C=O) groups is 2. The van der Waals surface area contributed by atoms with E-state index >= 15 is 0 Å². The molecule has 0 unspecified atom stereocenters. The maximum absolute atomic E-state index is 12.6. The molecule has 1 heterocycles. The molecule has 0 radical (unpaired) electrons. The molecule has 1 aromatic heterocycles. The molecule has 0 saturated heterocycles. The number of nitrogens with zero attached hydrogens (tertiary/aromatic N) is 2. The topological polar surface area (TPSA) is 87.5 Å². The van der Waals surface area contributed by atoms with E-state index in [0.29, 0.717) is 39.5 Å². The van der Waals surface area contributed by atoms with Gasteiger partial charge in [-0.2, -0.15) is 5.10 Å². The van der Waals surface area contributed by atoms with Gasteiger partial charge in [0, 0.05) is 17.5 Å². The van der Waals surface area contributed by atoms with Gasteiger partial charge in [-0.05, 0) is 46.6 Å². The highest BCUT2D eigenvalue weighted by atomic mass is 79.9. The lowest BCUT2D eigenvalue weighted by molar-refractivity contribution is 0.0468. The van der Waals surface area contributed by atoms with E-state index in [1.165, 1.54) is 11.8 Å². The molecule has 3 aromatic rings. The first-order chi connectivity index (χ1) is 14.0. The second-order valence-electron chi connectivity index (χ2n) is 6.27. The minimum Gasteiger partial charge on any atom is -0.496 e. The summed E-state index contributed by atoms with van der Waals surface area (Å²) in [6.45, 7) is 1.84. The zero-order valence-electron chi connectivity index (χ0n) is 16.0. The minimum absolute atomic E-state index is 0.0114. The average Bonchev–Trinajstić information content (AvgIpc) is 2.73. The molecular weight excluding hydrogens is 440 g/mol. The van der Waals surface area contributed by atoms with Crippen LogP contribution in [0.4, 0.5) is 0 Å². The van der Waals surface area contributed by atoms with Gasteiger partial charge in [-0.3, -0.25) is 9.59 Å². The molecule has 0 fully saturated rings. The minimum atomic E-state index is -0.757. The maximum Gasteiger partial charge on any atom is 0.359 e. The van der Waals surface area contributed by atoms with Crippen molar-refractivity contribution in [3.63, 3.8) is 0 Å². The predicted molar refractivity (Wildman–Crippen MR) is 112 cm³/mol. The van der Waals surface area contributed by atoms with Crippen molar-refractivity contribution in [1.82, 2.24) is 9.78 Å². The number of aryl methyl sites for hydroxylation is 1. The van der Waals surface area contributed by atoms with Crippen molar-refractivity contribution < 1.29 is 19.1 Å². The molecule has 3 rings (SSSR count). The summed E-state index contributed by atoms with van der Waals surface area (Å²) < 4.78 is 12.2. The molecule has 0 aliphatic rings. The number of hydrogen-bond acceptors (Lipinski definition) is 6. The van der Waals surface area contributed by atoms with Gasteiger partial charge in [0.1, 0.15) is 5.75 Å². The molecule has 0 amide bonds. The number of halogens is 1. The van der Waals surface area contributed by atoms with Crippen molar-refractivity contribution >= 4 is 38.5 Å². The van der Waals surface area contributed by atoms with E-state index in [-0.39, 0.29) is 17.0 Å². The second-order valence-corrected chi connectivity index (χ2v) is 7.13. The van der Waals surface area contributed by atoms with Crippen LogP contribution in [0.25, 0.3) is 10.8 Å². The van der Waals surface area contributed by atoms with Crippen LogP contribution in [-0.2, 0) is 11.3 Å². The molecule has 29 heavy (non-hydrogen) atoms. The fraction of sp³-hybridized carbons (Fsp3) is 0.238. The summed E-state index contributed by atoms with van der Waals surface area (Å²) >= 11 is 3.32. The van der Waals surface area contributed by atoms with Crippen LogP contribution < -0.4 is 10.3 Å². The lowest BCUT2D eigenvalue weighted by Gasteiger charge is -2.10. The number of rotatable bonds is 7. The molecule has 8 heteroatoms. The molecular formula is C21H19BrN2O5. The van der Waals surface area contributed by atoms with Gasteiger partial charge in [-0.15, -0.1) is 0 Å². The molecule has 2 aromatic carbocycles. The van der Waals surface area contributed by atoms with E-state index in [1.807, 2.05) is 6.92 Å². The maximum atomic E-state index is 12.6. The van der Waals surface area contributed by atoms with Crippen LogP contribution in [-0.4, -0.2) is 35.2 Å². The number of esters is 1. The molecule has 150 valence electrons. The van der Waals surface area contributed by atoms with Crippen LogP contribution >= 0.6 is 15.9 Å². The summed E-state index contributed by atoms with van der Waals surface area (Å²) in [5.74, 6) is -0.535. The van der Waals surface area contributed by atoms with E-state index < -0.39 is 12.6 Å². The van der Waals surface area contributed by atoms with Crippen LogP contribution in [0, 0.1) is 0 Å². The molecule has 0 saturated carbocycles. The Morgan fingerprint density at radius 3 is 2.52 bits per heavy atom. The third kappa shape index (κ3) is 4.37. The number of Topliss-reactive ketones (excluding diaryl/α,β-unsaturated/α-hetero) is 1. The standard InChI is InChI=1S/C21H19BrN2O5/c1-3-10-24-20(26)15-7-5-4-6-14(15)19(23-24)21(27)29-12-17(25)13-8-9-18(28-2)16(22)11-13/h4-9,11H,3,10,12H2,1-2H3. The van der Waals surface area contributed by atoms with Crippen LogP contribution in [0.1, 0.15) is 34.2 Å². The Morgan fingerprint density at radius 1 is 1.14 bits per heavy atom. The van der Waals surface area contributed by atoms with Crippen molar-refractivity contribution in [2.24, 2.45) is 0 Å². The summed E-state index contributed by atoms with van der Waals surface area (Å²) in [7, 11) is 1.53. The molecule has 0 aliphatic carbocycles. The van der Waals surface area contributed by atoms with E-state index in [2.05, 4.69) is 21.0 Å². The summed E-state index contributed by atoms with van der Waals surface area (Å²) in [6, 6.07) is 11.6. The van der Waals surface area contributed by atoms with E-state index in [0.717, 1.165) is 0 Å². The zero-order chi connectivity index (χ0) is 21.0. The fourth-order valence-electron chi connectivity index (χ4n) is 2.87. The summed E-state index contributed by atoms with van der Waals surface area (Å²) in [6.07, 6.45) is 0.685. The van der Waals surface area contributed by atoms with Crippen LogP contribution in [0.3, 0.4) is 0 Å². The monoisotopic (exact) mass is 458 g/mol. The fourth-order valence-corrected chi connectivity index (χ4v) is 3.41. The van der Waals surface area contributed by atoms with Crippen molar-refractivity contribution in [2.45, 2.75) is 19.9 Å². The zero-order valence-corrected chi connectivity index (χ0v) is 17.6. The second kappa shape index (κ2) is 9.00. The number of fused-ring (bicyclic) bond motifs is 1. The largest absolute Gasteiger partial charge is 0.496 e. The molecule has 0 aliphatic heterocycles. The number of aromatic nitrogens is 2. The van der Waals surface area contributed by atoms with E-state index in [1.54, 1.807) is 42.5 Å². The number of methoxy groups -OCH3 is 1. The Bertz CT molecular complexity index is 1140. The quantitative estimate of drug-likeness (QED) is 0.396. The van der Waals surface area contributed by atoms with Gasteiger partial charge in [0.25, 0.3) is 5.56 Å². The van der Waals surface area contributed by atoms with Gasteiger partial charge in [0.05, 0.1) is 17.0 Å². The third-order valence-corrected chi connectivity index (χ3v) is 4.92. The van der Waals surface area contributed by atoms with Crippen molar-refractivity contribution in [3.8, 4) is 5.75 Å². The molecule has 0 spiro atoms. The van der Waals surface area contributed by atoms with Crippen molar-refractivity contribution in [3.05, 3.63) is 68.5 Å². The number of carbonyl (C=O) groups excluding carboxylic acids is 2. The van der Waals surface area contributed by atoms with Gasteiger partial charge >= 0.3 is 5.97 Å². The summed E-state index contributed by atoms with van der Waals surface area (Å²) in [5.41, 5.74) is 0.120. The van der Waals surface area contributed by atoms with Crippen LogP contribution in [0.2, 0.25) is 0 Å². The Hall–Kier alpha value is -3.00. The predicted octanol–water partition coefficient (Wildman–Crippen LogP) is 3.62. The Balaban J connectivity index is 1.84. The van der Waals surface area contributed by atoms with Gasteiger partial charge in [0.15, 0.2) is 18.1 Å². The molecule has 7 nitrogen and oxygen atoms in total.